The van der Waals surface area contributed by atoms with E-state index in [1.807, 2.05) is 30.3 Å². The standard InChI is InChI=1S/C22H28N2O/c1-18(20-8-4-2-5-9-20)16-23-22(25)21-12-10-19(11-13-21)17-24-14-6-3-7-15-24/h2,4-5,8-13,18H,3,6-7,14-17H2,1H3,(H,23,25)/t18-/m1/s1. The number of likely N-dealkylation sites (tertiary alicyclic amines) is 1. The average molecular weight is 336 g/mol. The van der Waals surface area contributed by atoms with Crippen LogP contribution in [0.15, 0.2) is 54.6 Å². The van der Waals surface area contributed by atoms with Crippen LogP contribution in [0.4, 0.5) is 0 Å². The van der Waals surface area contributed by atoms with E-state index in [0.717, 1.165) is 12.1 Å². The SMILES string of the molecule is C[C@H](CNC(=O)c1ccc(CN2CCCCC2)cc1)c1ccccc1. The fourth-order valence-corrected chi connectivity index (χ4v) is 3.38. The Morgan fingerprint density at radius 2 is 1.68 bits per heavy atom. The molecule has 0 radical (unpaired) electrons. The van der Waals surface area contributed by atoms with Gasteiger partial charge in [-0.25, -0.2) is 0 Å². The monoisotopic (exact) mass is 336 g/mol. The van der Waals surface area contributed by atoms with Crippen molar-refractivity contribution >= 4 is 5.91 Å². The largest absolute Gasteiger partial charge is 0.351 e. The number of hydrogen-bond acceptors (Lipinski definition) is 2. The number of nitrogens with one attached hydrogen (secondary N) is 1. The third-order valence-electron chi connectivity index (χ3n) is 5.01. The van der Waals surface area contributed by atoms with E-state index in [2.05, 4.69) is 41.4 Å². The molecule has 3 rings (SSSR count). The van der Waals surface area contributed by atoms with E-state index < -0.39 is 0 Å². The van der Waals surface area contributed by atoms with Crippen molar-refractivity contribution in [2.24, 2.45) is 0 Å². The smallest absolute Gasteiger partial charge is 0.251 e. The Bertz CT molecular complexity index is 660. The highest BCUT2D eigenvalue weighted by molar-refractivity contribution is 5.94. The Hall–Kier alpha value is -2.13. The minimum absolute atomic E-state index is 0.00676. The lowest BCUT2D eigenvalue weighted by Gasteiger charge is -2.26. The van der Waals surface area contributed by atoms with Crippen molar-refractivity contribution in [2.75, 3.05) is 19.6 Å². The van der Waals surface area contributed by atoms with Crippen molar-refractivity contribution in [2.45, 2.75) is 38.6 Å². The van der Waals surface area contributed by atoms with E-state index in [1.54, 1.807) is 0 Å². The molecule has 0 spiro atoms. The summed E-state index contributed by atoms with van der Waals surface area (Å²) < 4.78 is 0. The maximum atomic E-state index is 12.4. The van der Waals surface area contributed by atoms with Gasteiger partial charge in [0.2, 0.25) is 0 Å². The first-order valence-corrected chi connectivity index (χ1v) is 9.37. The van der Waals surface area contributed by atoms with E-state index in [4.69, 9.17) is 0 Å². The molecule has 3 nitrogen and oxygen atoms in total. The quantitative estimate of drug-likeness (QED) is 0.857. The molecule has 1 aliphatic rings. The molecule has 2 aromatic carbocycles. The molecule has 132 valence electrons. The molecule has 1 heterocycles. The summed E-state index contributed by atoms with van der Waals surface area (Å²) in [7, 11) is 0. The summed E-state index contributed by atoms with van der Waals surface area (Å²) in [6.45, 7) is 6.17. The molecule has 1 aliphatic heterocycles. The molecule has 0 aromatic heterocycles. The summed E-state index contributed by atoms with van der Waals surface area (Å²) in [5, 5.41) is 3.05. The highest BCUT2D eigenvalue weighted by atomic mass is 16.1. The van der Waals surface area contributed by atoms with Crippen LogP contribution >= 0.6 is 0 Å². The van der Waals surface area contributed by atoms with E-state index >= 15 is 0 Å². The second kappa shape index (κ2) is 8.82. The van der Waals surface area contributed by atoms with Crippen LogP contribution in [0, 0.1) is 0 Å². The summed E-state index contributed by atoms with van der Waals surface area (Å²) >= 11 is 0. The Kier molecular flexibility index (Phi) is 6.24. The third-order valence-corrected chi connectivity index (χ3v) is 5.01. The van der Waals surface area contributed by atoms with Crippen molar-refractivity contribution in [1.29, 1.82) is 0 Å². The number of piperidine rings is 1. The summed E-state index contributed by atoms with van der Waals surface area (Å²) in [4.78, 5) is 14.9. The van der Waals surface area contributed by atoms with Gasteiger partial charge < -0.3 is 5.32 Å². The Labute approximate surface area is 151 Å². The molecular weight excluding hydrogens is 308 g/mol. The minimum atomic E-state index is 0.00676. The summed E-state index contributed by atoms with van der Waals surface area (Å²) in [6.07, 6.45) is 3.97. The summed E-state index contributed by atoms with van der Waals surface area (Å²) in [6, 6.07) is 18.4. The van der Waals surface area contributed by atoms with Crippen LogP contribution < -0.4 is 5.32 Å². The molecule has 0 bridgehead atoms. The maximum Gasteiger partial charge on any atom is 0.251 e. The van der Waals surface area contributed by atoms with Gasteiger partial charge in [-0.3, -0.25) is 9.69 Å². The van der Waals surface area contributed by atoms with Gasteiger partial charge in [-0.15, -0.1) is 0 Å². The first-order chi connectivity index (χ1) is 12.2. The summed E-state index contributed by atoms with van der Waals surface area (Å²) in [5.74, 6) is 0.316. The van der Waals surface area contributed by atoms with E-state index in [0.29, 0.717) is 12.5 Å². The number of rotatable bonds is 6. The maximum absolute atomic E-state index is 12.4. The molecule has 1 N–H and O–H groups in total. The van der Waals surface area contributed by atoms with Crippen LogP contribution in [0.5, 0.6) is 0 Å². The molecule has 0 saturated carbocycles. The van der Waals surface area contributed by atoms with Gasteiger partial charge >= 0.3 is 0 Å². The van der Waals surface area contributed by atoms with Gasteiger partial charge in [0.1, 0.15) is 0 Å². The van der Waals surface area contributed by atoms with Gasteiger partial charge in [0.05, 0.1) is 0 Å². The fourth-order valence-electron chi connectivity index (χ4n) is 3.38. The van der Waals surface area contributed by atoms with Crippen molar-refractivity contribution in [3.05, 3.63) is 71.3 Å². The van der Waals surface area contributed by atoms with Crippen LogP contribution in [0.2, 0.25) is 0 Å². The number of nitrogens with zero attached hydrogens (tertiary/aromatic N) is 1. The van der Waals surface area contributed by atoms with Gasteiger partial charge in [0.25, 0.3) is 5.91 Å². The van der Waals surface area contributed by atoms with Crippen LogP contribution in [-0.4, -0.2) is 30.4 Å². The zero-order chi connectivity index (χ0) is 17.5. The average Bonchev–Trinajstić information content (AvgIpc) is 2.68. The molecule has 1 atom stereocenters. The minimum Gasteiger partial charge on any atom is -0.351 e. The number of carbonyl (C=O) groups excluding carboxylic acids is 1. The van der Waals surface area contributed by atoms with Gasteiger partial charge in [-0.1, -0.05) is 55.8 Å². The van der Waals surface area contributed by atoms with E-state index in [1.165, 1.54) is 43.5 Å². The Balaban J connectivity index is 1.50. The molecule has 25 heavy (non-hydrogen) atoms. The van der Waals surface area contributed by atoms with E-state index in [-0.39, 0.29) is 5.91 Å². The Morgan fingerprint density at radius 1 is 1.00 bits per heavy atom. The Morgan fingerprint density at radius 3 is 2.36 bits per heavy atom. The lowest BCUT2D eigenvalue weighted by atomic mass is 10.0. The number of amides is 1. The molecule has 1 fully saturated rings. The van der Waals surface area contributed by atoms with Crippen molar-refractivity contribution < 1.29 is 4.79 Å². The zero-order valence-corrected chi connectivity index (χ0v) is 15.1. The lowest BCUT2D eigenvalue weighted by Crippen LogP contribution is -2.29. The van der Waals surface area contributed by atoms with Gasteiger partial charge in [-0.2, -0.15) is 0 Å². The topological polar surface area (TPSA) is 32.3 Å². The third kappa shape index (κ3) is 5.17. The number of hydrogen-bond donors (Lipinski definition) is 1. The summed E-state index contributed by atoms with van der Waals surface area (Å²) in [5.41, 5.74) is 3.28. The molecular formula is C22H28N2O. The molecule has 1 amide bonds. The van der Waals surface area contributed by atoms with Crippen LogP contribution in [0.25, 0.3) is 0 Å². The van der Waals surface area contributed by atoms with Crippen molar-refractivity contribution in [1.82, 2.24) is 10.2 Å². The highest BCUT2D eigenvalue weighted by Crippen LogP contribution is 2.15. The van der Waals surface area contributed by atoms with Crippen molar-refractivity contribution in [3.63, 3.8) is 0 Å². The molecule has 1 saturated heterocycles. The van der Waals surface area contributed by atoms with Crippen molar-refractivity contribution in [3.8, 4) is 0 Å². The van der Waals surface area contributed by atoms with E-state index in [9.17, 15) is 4.79 Å². The predicted octanol–water partition coefficient (Wildman–Crippen LogP) is 4.21. The first-order valence-electron chi connectivity index (χ1n) is 9.37. The van der Waals surface area contributed by atoms with Crippen LogP contribution in [0.1, 0.15) is 53.6 Å². The highest BCUT2D eigenvalue weighted by Gasteiger charge is 2.12. The second-order valence-corrected chi connectivity index (χ2v) is 7.06. The fraction of sp³-hybridized carbons (Fsp3) is 0.409. The number of carbonyl (C=O) groups is 1. The van der Waals surface area contributed by atoms with Gasteiger partial charge in [-0.05, 0) is 55.1 Å². The van der Waals surface area contributed by atoms with Gasteiger partial charge in [0.15, 0.2) is 0 Å². The number of benzene rings is 2. The molecule has 0 unspecified atom stereocenters. The normalized spacial score (nSPS) is 16.4. The molecule has 3 heteroatoms. The molecule has 2 aromatic rings. The van der Waals surface area contributed by atoms with Crippen LogP contribution in [0.3, 0.4) is 0 Å². The first kappa shape index (κ1) is 17.7. The van der Waals surface area contributed by atoms with Crippen LogP contribution in [-0.2, 0) is 6.54 Å². The predicted molar refractivity (Wildman–Crippen MR) is 103 cm³/mol. The molecule has 0 aliphatic carbocycles. The van der Waals surface area contributed by atoms with Gasteiger partial charge in [0, 0.05) is 18.7 Å². The second-order valence-electron chi connectivity index (χ2n) is 7.06. The zero-order valence-electron chi connectivity index (χ0n) is 15.1. The lowest BCUT2D eigenvalue weighted by molar-refractivity contribution is 0.0951.